The van der Waals surface area contributed by atoms with Crippen molar-refractivity contribution in [3.63, 3.8) is 0 Å². The number of nitrogens with one attached hydrogen (secondary N) is 1. The largest absolute Gasteiger partial charge is 0.419 e. The van der Waals surface area contributed by atoms with Crippen LogP contribution in [0, 0.1) is 5.82 Å². The average Bonchev–Trinajstić information content (AvgIpc) is 2.70. The monoisotopic (exact) mass is 399 g/mol. The number of para-hydroxylation sites is 1. The molecule has 0 radical (unpaired) electrons. The van der Waals surface area contributed by atoms with Crippen molar-refractivity contribution in [3.8, 4) is 0 Å². The van der Waals surface area contributed by atoms with Gasteiger partial charge in [-0.05, 0) is 35.9 Å². The number of rotatable bonds is 3. The van der Waals surface area contributed by atoms with E-state index in [1.165, 1.54) is 12.3 Å². The third kappa shape index (κ3) is 3.73. The van der Waals surface area contributed by atoms with Crippen LogP contribution in [0.3, 0.4) is 0 Å². The molecule has 2 aromatic carbocycles. The maximum Gasteiger partial charge on any atom is 0.419 e. The average molecular weight is 399 g/mol. The lowest BCUT2D eigenvalue weighted by Crippen LogP contribution is -2.23. The van der Waals surface area contributed by atoms with Crippen molar-refractivity contribution in [3.05, 3.63) is 83.4 Å². The molecule has 0 aliphatic heterocycles. The summed E-state index contributed by atoms with van der Waals surface area (Å²) in [5, 5.41) is 3.75. The number of carbonyl (C=O) groups is 1. The van der Waals surface area contributed by atoms with Crippen LogP contribution in [0.2, 0.25) is 0 Å². The number of amides is 1. The van der Waals surface area contributed by atoms with Crippen molar-refractivity contribution in [2.75, 3.05) is 0 Å². The van der Waals surface area contributed by atoms with E-state index in [0.717, 1.165) is 22.5 Å². The number of pyridine rings is 2. The molecule has 0 fully saturated rings. The third-order valence-electron chi connectivity index (χ3n) is 4.52. The van der Waals surface area contributed by atoms with Gasteiger partial charge in [0.1, 0.15) is 5.82 Å². The molecule has 0 aliphatic rings. The highest BCUT2D eigenvalue weighted by Crippen LogP contribution is 2.33. The summed E-state index contributed by atoms with van der Waals surface area (Å²) in [5.41, 5.74) is 0.339. The zero-order chi connectivity index (χ0) is 20.6. The van der Waals surface area contributed by atoms with E-state index in [-0.39, 0.29) is 23.0 Å². The van der Waals surface area contributed by atoms with Gasteiger partial charge < -0.3 is 5.32 Å². The number of aromatic nitrogens is 2. The smallest absolute Gasteiger partial charge is 0.348 e. The zero-order valence-corrected chi connectivity index (χ0v) is 14.8. The van der Waals surface area contributed by atoms with Crippen LogP contribution in [-0.4, -0.2) is 15.9 Å². The normalized spacial score (nSPS) is 11.7. The second-order valence-electron chi connectivity index (χ2n) is 6.42. The minimum absolute atomic E-state index is 0.0459. The lowest BCUT2D eigenvalue weighted by molar-refractivity contribution is -0.139. The maximum absolute atomic E-state index is 13.8. The molecule has 0 saturated heterocycles. The molecular weight excluding hydrogens is 386 g/mol. The molecule has 29 heavy (non-hydrogen) atoms. The van der Waals surface area contributed by atoms with E-state index in [1.54, 1.807) is 12.3 Å². The Bertz CT molecular complexity index is 1230. The Balaban J connectivity index is 1.58. The van der Waals surface area contributed by atoms with E-state index in [9.17, 15) is 22.4 Å². The number of fused-ring (bicyclic) bond motifs is 2. The molecule has 0 atom stereocenters. The molecule has 2 aromatic heterocycles. The summed E-state index contributed by atoms with van der Waals surface area (Å²) < 4.78 is 52.3. The Hall–Kier alpha value is -3.55. The van der Waals surface area contributed by atoms with E-state index >= 15 is 0 Å². The number of hydrogen-bond donors (Lipinski definition) is 1. The molecule has 1 N–H and O–H groups in total. The molecule has 0 aliphatic carbocycles. The highest BCUT2D eigenvalue weighted by molar-refractivity contribution is 5.97. The summed E-state index contributed by atoms with van der Waals surface area (Å²) in [7, 11) is 0. The highest BCUT2D eigenvalue weighted by atomic mass is 19.4. The van der Waals surface area contributed by atoms with Crippen LogP contribution in [0.5, 0.6) is 0 Å². The van der Waals surface area contributed by atoms with Gasteiger partial charge >= 0.3 is 6.18 Å². The predicted octanol–water partition coefficient (Wildman–Crippen LogP) is 4.87. The molecule has 4 nitrogen and oxygen atoms in total. The van der Waals surface area contributed by atoms with Crippen molar-refractivity contribution < 1.29 is 22.4 Å². The summed E-state index contributed by atoms with van der Waals surface area (Å²) in [6.07, 6.45) is -2.01. The molecule has 1 amide bonds. The van der Waals surface area contributed by atoms with Crippen LogP contribution >= 0.6 is 0 Å². The van der Waals surface area contributed by atoms with E-state index in [1.807, 2.05) is 24.3 Å². The first kappa shape index (κ1) is 18.8. The number of hydrogen-bond acceptors (Lipinski definition) is 3. The molecule has 0 bridgehead atoms. The van der Waals surface area contributed by atoms with Crippen molar-refractivity contribution in [1.82, 2.24) is 15.3 Å². The fourth-order valence-electron chi connectivity index (χ4n) is 3.08. The van der Waals surface area contributed by atoms with Gasteiger partial charge in [-0.25, -0.2) is 4.39 Å². The summed E-state index contributed by atoms with van der Waals surface area (Å²) in [4.78, 5) is 20.6. The molecule has 146 valence electrons. The molecule has 8 heteroatoms. The van der Waals surface area contributed by atoms with Gasteiger partial charge in [-0.15, -0.1) is 0 Å². The lowest BCUT2D eigenvalue weighted by Gasteiger charge is -2.10. The van der Waals surface area contributed by atoms with Crippen LogP contribution in [0.15, 0.2) is 60.9 Å². The van der Waals surface area contributed by atoms with Crippen molar-refractivity contribution in [2.24, 2.45) is 0 Å². The highest BCUT2D eigenvalue weighted by Gasteiger charge is 2.34. The van der Waals surface area contributed by atoms with Gasteiger partial charge in [0.15, 0.2) is 0 Å². The first-order valence-electron chi connectivity index (χ1n) is 8.60. The van der Waals surface area contributed by atoms with Gasteiger partial charge in [-0.2, -0.15) is 13.2 Å². The SMILES string of the molecule is O=C(NCc1ccnc2ccccc12)c1cnc2cc(C(F)(F)F)c(F)cc2c1. The summed E-state index contributed by atoms with van der Waals surface area (Å²) in [6, 6.07) is 11.9. The topological polar surface area (TPSA) is 54.9 Å². The molecular formula is C21H13F4N3O. The first-order chi connectivity index (χ1) is 13.8. The van der Waals surface area contributed by atoms with Crippen LogP contribution < -0.4 is 5.32 Å². The second kappa shape index (κ2) is 7.12. The Morgan fingerprint density at radius 3 is 2.59 bits per heavy atom. The molecule has 0 spiro atoms. The number of alkyl halides is 3. The molecule has 0 unspecified atom stereocenters. The molecule has 4 rings (SSSR count). The van der Waals surface area contributed by atoms with Crippen molar-refractivity contribution >= 4 is 27.7 Å². The Morgan fingerprint density at radius 2 is 1.79 bits per heavy atom. The lowest BCUT2D eigenvalue weighted by atomic mass is 10.1. The van der Waals surface area contributed by atoms with Gasteiger partial charge in [0.05, 0.1) is 22.2 Å². The summed E-state index contributed by atoms with van der Waals surface area (Å²) in [6.45, 7) is 0.223. The molecule has 0 saturated carbocycles. The number of benzene rings is 2. The maximum atomic E-state index is 13.8. The van der Waals surface area contributed by atoms with Gasteiger partial charge in [-0.3, -0.25) is 14.8 Å². The van der Waals surface area contributed by atoms with E-state index < -0.39 is 23.5 Å². The number of nitrogens with zero attached hydrogens (tertiary/aromatic N) is 2. The number of halogens is 4. The molecule has 2 heterocycles. The van der Waals surface area contributed by atoms with Crippen molar-refractivity contribution in [2.45, 2.75) is 12.7 Å². The Labute approximate surface area is 162 Å². The standard InChI is InChI=1S/C21H13F4N3O/c22-17-8-13-7-14(11-27-19(13)9-16(17)21(23,24)25)20(29)28-10-12-5-6-26-18-4-2-1-3-15(12)18/h1-9,11H,10H2,(H,28,29). The minimum atomic E-state index is -4.82. The quantitative estimate of drug-likeness (QED) is 0.500. The van der Waals surface area contributed by atoms with Crippen LogP contribution in [0.4, 0.5) is 17.6 Å². The second-order valence-corrected chi connectivity index (χ2v) is 6.42. The van der Waals surface area contributed by atoms with E-state index in [4.69, 9.17) is 0 Å². The summed E-state index contributed by atoms with van der Waals surface area (Å²) >= 11 is 0. The predicted molar refractivity (Wildman–Crippen MR) is 99.6 cm³/mol. The molecule has 4 aromatic rings. The van der Waals surface area contributed by atoms with Crippen LogP contribution in [0.1, 0.15) is 21.5 Å². The minimum Gasteiger partial charge on any atom is -0.348 e. The van der Waals surface area contributed by atoms with Crippen molar-refractivity contribution in [1.29, 1.82) is 0 Å². The number of carbonyl (C=O) groups excluding carboxylic acids is 1. The zero-order valence-electron chi connectivity index (χ0n) is 14.8. The fraction of sp³-hybridized carbons (Fsp3) is 0.0952. The van der Waals surface area contributed by atoms with Gasteiger partial charge in [0.25, 0.3) is 5.91 Å². The van der Waals surface area contributed by atoms with Crippen LogP contribution in [-0.2, 0) is 12.7 Å². The Morgan fingerprint density at radius 1 is 1.00 bits per heavy atom. The summed E-state index contributed by atoms with van der Waals surface area (Å²) in [5.74, 6) is -1.88. The van der Waals surface area contributed by atoms with Crippen LogP contribution in [0.25, 0.3) is 21.8 Å². The van der Waals surface area contributed by atoms with Gasteiger partial charge in [-0.1, -0.05) is 18.2 Å². The van der Waals surface area contributed by atoms with E-state index in [0.29, 0.717) is 6.07 Å². The third-order valence-corrected chi connectivity index (χ3v) is 4.52. The Kier molecular flexibility index (Phi) is 4.62. The first-order valence-corrected chi connectivity index (χ1v) is 8.60. The van der Waals surface area contributed by atoms with Gasteiger partial charge in [0.2, 0.25) is 0 Å². The fourth-order valence-corrected chi connectivity index (χ4v) is 3.08. The van der Waals surface area contributed by atoms with Gasteiger partial charge in [0, 0.05) is 29.7 Å². The van der Waals surface area contributed by atoms with E-state index in [2.05, 4.69) is 15.3 Å².